The average Bonchev–Trinajstić information content (AvgIpc) is 2.16. The lowest BCUT2D eigenvalue weighted by Gasteiger charge is -2.14. The summed E-state index contributed by atoms with van der Waals surface area (Å²) in [6.45, 7) is 1.45. The highest BCUT2D eigenvalue weighted by Crippen LogP contribution is 2.32. The predicted octanol–water partition coefficient (Wildman–Crippen LogP) is 2.63. The van der Waals surface area contributed by atoms with Gasteiger partial charge in [-0.25, -0.2) is 0 Å². The maximum Gasteiger partial charge on any atom is 0.307 e. The first-order chi connectivity index (χ1) is 7.43. The molecule has 0 saturated heterocycles. The van der Waals surface area contributed by atoms with E-state index in [0.29, 0.717) is 16.0 Å². The Morgan fingerprint density at radius 1 is 1.50 bits per heavy atom. The molecule has 0 radical (unpaired) electrons. The van der Waals surface area contributed by atoms with Crippen LogP contribution in [0.1, 0.15) is 22.9 Å². The molecule has 0 heterocycles. The summed E-state index contributed by atoms with van der Waals surface area (Å²) >= 11 is 7.50. The number of carboxylic acid groups (broad SMARTS) is 1. The SMILES string of the molecule is CC(=O)C(Br)c1c(S)cccc1CC(=O)O. The summed E-state index contributed by atoms with van der Waals surface area (Å²) in [6, 6.07) is 5.16. The molecular formula is C11H11BrO3S. The second kappa shape index (κ2) is 5.50. The second-order valence-electron chi connectivity index (χ2n) is 3.39. The number of ketones is 1. The molecule has 0 aromatic heterocycles. The molecule has 1 N–H and O–H groups in total. The van der Waals surface area contributed by atoms with Crippen LogP contribution in [0.15, 0.2) is 23.1 Å². The third kappa shape index (κ3) is 3.09. The van der Waals surface area contributed by atoms with Crippen molar-refractivity contribution >= 4 is 40.3 Å². The van der Waals surface area contributed by atoms with Gasteiger partial charge in [0.25, 0.3) is 0 Å². The van der Waals surface area contributed by atoms with E-state index in [-0.39, 0.29) is 12.2 Å². The fraction of sp³-hybridized carbons (Fsp3) is 0.273. The molecule has 0 aliphatic heterocycles. The highest BCUT2D eigenvalue weighted by Gasteiger charge is 2.20. The smallest absolute Gasteiger partial charge is 0.307 e. The molecule has 1 rings (SSSR count). The highest BCUT2D eigenvalue weighted by molar-refractivity contribution is 9.09. The van der Waals surface area contributed by atoms with Crippen molar-refractivity contribution in [1.29, 1.82) is 0 Å². The van der Waals surface area contributed by atoms with Gasteiger partial charge in [0.15, 0.2) is 0 Å². The molecule has 16 heavy (non-hydrogen) atoms. The van der Waals surface area contributed by atoms with Crippen molar-refractivity contribution in [3.05, 3.63) is 29.3 Å². The average molecular weight is 303 g/mol. The van der Waals surface area contributed by atoms with Crippen molar-refractivity contribution in [3.63, 3.8) is 0 Å². The van der Waals surface area contributed by atoms with Gasteiger partial charge >= 0.3 is 5.97 Å². The third-order valence-corrected chi connectivity index (χ3v) is 3.62. The maximum atomic E-state index is 11.3. The summed E-state index contributed by atoms with van der Waals surface area (Å²) in [7, 11) is 0. The molecule has 86 valence electrons. The van der Waals surface area contributed by atoms with Gasteiger partial charge in [-0.1, -0.05) is 28.1 Å². The number of rotatable bonds is 4. The van der Waals surface area contributed by atoms with E-state index < -0.39 is 10.8 Å². The summed E-state index contributed by atoms with van der Waals surface area (Å²) in [6.07, 6.45) is -0.112. The van der Waals surface area contributed by atoms with E-state index in [1.807, 2.05) is 0 Å². The molecule has 1 aromatic rings. The van der Waals surface area contributed by atoms with Gasteiger partial charge in [0.05, 0.1) is 11.2 Å². The van der Waals surface area contributed by atoms with Crippen LogP contribution in [0.5, 0.6) is 0 Å². The standard InChI is InChI=1S/C11H11BrO3S/c1-6(13)11(12)10-7(5-9(14)15)3-2-4-8(10)16/h2-4,11,16H,5H2,1H3,(H,14,15). The first kappa shape index (κ1) is 13.3. The van der Waals surface area contributed by atoms with Gasteiger partial charge in [0, 0.05) is 4.90 Å². The molecule has 0 aliphatic rings. The van der Waals surface area contributed by atoms with Crippen molar-refractivity contribution in [3.8, 4) is 0 Å². The normalized spacial score (nSPS) is 12.2. The molecule has 3 nitrogen and oxygen atoms in total. The van der Waals surface area contributed by atoms with Crippen LogP contribution < -0.4 is 0 Å². The van der Waals surface area contributed by atoms with E-state index in [1.165, 1.54) is 6.92 Å². The quantitative estimate of drug-likeness (QED) is 0.664. The first-order valence-electron chi connectivity index (χ1n) is 4.60. The molecule has 0 spiro atoms. The molecule has 1 unspecified atom stereocenters. The van der Waals surface area contributed by atoms with Crippen LogP contribution in [-0.4, -0.2) is 16.9 Å². The molecule has 1 aromatic carbocycles. The number of carbonyl (C=O) groups is 2. The first-order valence-corrected chi connectivity index (χ1v) is 5.97. The van der Waals surface area contributed by atoms with Crippen LogP contribution in [0.4, 0.5) is 0 Å². The van der Waals surface area contributed by atoms with Crippen LogP contribution in [0.2, 0.25) is 0 Å². The van der Waals surface area contributed by atoms with Gasteiger partial charge in [-0.05, 0) is 24.1 Å². The number of thiol groups is 1. The van der Waals surface area contributed by atoms with Crippen LogP contribution in [0, 0.1) is 0 Å². The summed E-state index contributed by atoms with van der Waals surface area (Å²) in [4.78, 5) is 22.1. The third-order valence-electron chi connectivity index (χ3n) is 2.13. The predicted molar refractivity (Wildman–Crippen MR) is 67.4 cm³/mol. The minimum Gasteiger partial charge on any atom is -0.481 e. The number of Topliss-reactive ketones (excluding diaryl/α,β-unsaturated/α-hetero) is 1. The van der Waals surface area contributed by atoms with Gasteiger partial charge < -0.3 is 5.11 Å². The lowest BCUT2D eigenvalue weighted by molar-refractivity contribution is -0.136. The van der Waals surface area contributed by atoms with Crippen LogP contribution >= 0.6 is 28.6 Å². The summed E-state index contributed by atoms with van der Waals surface area (Å²) in [5, 5.41) is 8.78. The van der Waals surface area contributed by atoms with Crippen molar-refractivity contribution < 1.29 is 14.7 Å². The molecule has 0 saturated carbocycles. The number of benzene rings is 1. The van der Waals surface area contributed by atoms with Crippen LogP contribution in [0.3, 0.4) is 0 Å². The van der Waals surface area contributed by atoms with Crippen molar-refractivity contribution in [2.75, 3.05) is 0 Å². The molecule has 5 heteroatoms. The highest BCUT2D eigenvalue weighted by atomic mass is 79.9. The zero-order valence-electron chi connectivity index (χ0n) is 8.61. The number of carboxylic acids is 1. The number of halogens is 1. The molecular weight excluding hydrogens is 292 g/mol. The van der Waals surface area contributed by atoms with Gasteiger partial charge in [0.1, 0.15) is 5.78 Å². The van der Waals surface area contributed by atoms with Crippen LogP contribution in [0.25, 0.3) is 0 Å². The molecule has 0 aliphatic carbocycles. The molecule has 0 fully saturated rings. The van der Waals surface area contributed by atoms with E-state index in [9.17, 15) is 9.59 Å². The lowest BCUT2D eigenvalue weighted by atomic mass is 10.00. The Hall–Kier alpha value is -0.810. The van der Waals surface area contributed by atoms with E-state index in [2.05, 4.69) is 28.6 Å². The van der Waals surface area contributed by atoms with E-state index in [0.717, 1.165) is 0 Å². The largest absolute Gasteiger partial charge is 0.481 e. The van der Waals surface area contributed by atoms with Gasteiger partial charge in [-0.2, -0.15) is 0 Å². The Labute approximate surface area is 107 Å². The zero-order chi connectivity index (χ0) is 12.3. The number of aliphatic carboxylic acids is 1. The minimum absolute atomic E-state index is 0.0758. The maximum absolute atomic E-state index is 11.3. The van der Waals surface area contributed by atoms with Crippen molar-refractivity contribution in [2.45, 2.75) is 23.1 Å². The van der Waals surface area contributed by atoms with E-state index in [4.69, 9.17) is 5.11 Å². The molecule has 1 atom stereocenters. The Morgan fingerprint density at radius 3 is 2.62 bits per heavy atom. The second-order valence-corrected chi connectivity index (χ2v) is 4.79. The van der Waals surface area contributed by atoms with Gasteiger partial charge in [0.2, 0.25) is 0 Å². The van der Waals surface area contributed by atoms with E-state index in [1.54, 1.807) is 18.2 Å². The van der Waals surface area contributed by atoms with Gasteiger partial charge in [-0.3, -0.25) is 9.59 Å². The Kier molecular flexibility index (Phi) is 4.56. The Balaban J connectivity index is 3.22. The summed E-state index contributed by atoms with van der Waals surface area (Å²) in [5.41, 5.74) is 1.25. The summed E-state index contributed by atoms with van der Waals surface area (Å²) < 4.78 is 0. The topological polar surface area (TPSA) is 54.4 Å². The zero-order valence-corrected chi connectivity index (χ0v) is 11.1. The summed E-state index contributed by atoms with van der Waals surface area (Å²) in [5.74, 6) is -1.00. The molecule has 0 amide bonds. The van der Waals surface area contributed by atoms with Crippen LogP contribution in [-0.2, 0) is 16.0 Å². The number of carbonyl (C=O) groups excluding carboxylic acids is 1. The Bertz CT molecular complexity index is 431. The van der Waals surface area contributed by atoms with Gasteiger partial charge in [-0.15, -0.1) is 12.6 Å². The lowest BCUT2D eigenvalue weighted by Crippen LogP contribution is -2.09. The van der Waals surface area contributed by atoms with E-state index >= 15 is 0 Å². The minimum atomic E-state index is -0.927. The fourth-order valence-corrected chi connectivity index (χ4v) is 2.49. The van der Waals surface area contributed by atoms with Crippen molar-refractivity contribution in [2.24, 2.45) is 0 Å². The molecule has 0 bridgehead atoms. The number of alkyl halides is 1. The van der Waals surface area contributed by atoms with Crippen molar-refractivity contribution in [1.82, 2.24) is 0 Å². The number of hydrogen-bond donors (Lipinski definition) is 2. The number of hydrogen-bond acceptors (Lipinski definition) is 3. The monoisotopic (exact) mass is 302 g/mol. The fourth-order valence-electron chi connectivity index (χ4n) is 1.41. The Morgan fingerprint density at radius 2 is 2.12 bits per heavy atom.